The molecular formula is C15H23ClN2. The lowest BCUT2D eigenvalue weighted by atomic mass is 10.0. The minimum Gasteiger partial charge on any atom is -0.370 e. The Morgan fingerprint density at radius 3 is 3.00 bits per heavy atom. The fourth-order valence-corrected chi connectivity index (χ4v) is 2.91. The van der Waals surface area contributed by atoms with E-state index in [1.807, 2.05) is 6.07 Å². The molecule has 0 aliphatic carbocycles. The van der Waals surface area contributed by atoms with Crippen LogP contribution in [0.15, 0.2) is 18.2 Å². The summed E-state index contributed by atoms with van der Waals surface area (Å²) in [6.07, 6.45) is 3.77. The van der Waals surface area contributed by atoms with Crippen LogP contribution in [-0.2, 0) is 0 Å². The fourth-order valence-electron chi connectivity index (χ4n) is 2.68. The number of aryl methyl sites for hydroxylation is 1. The minimum absolute atomic E-state index is 0.633. The Balaban J connectivity index is 2.03. The average molecular weight is 267 g/mol. The molecule has 2 rings (SSSR count). The first-order valence-corrected chi connectivity index (χ1v) is 7.33. The Bertz CT molecular complexity index is 392. The van der Waals surface area contributed by atoms with Crippen LogP contribution in [0.5, 0.6) is 0 Å². The minimum atomic E-state index is 0.633. The third kappa shape index (κ3) is 3.39. The lowest BCUT2D eigenvalue weighted by molar-refractivity contribution is 0.423. The summed E-state index contributed by atoms with van der Waals surface area (Å²) in [4.78, 5) is 2.49. The molecule has 1 fully saturated rings. The van der Waals surface area contributed by atoms with Gasteiger partial charge in [-0.1, -0.05) is 18.5 Å². The number of hydrogen-bond donors (Lipinski definition) is 1. The summed E-state index contributed by atoms with van der Waals surface area (Å²) in [5.74, 6) is 0. The largest absolute Gasteiger partial charge is 0.370 e. The van der Waals surface area contributed by atoms with Gasteiger partial charge in [0, 0.05) is 29.8 Å². The van der Waals surface area contributed by atoms with Crippen LogP contribution in [0.4, 0.5) is 5.69 Å². The van der Waals surface area contributed by atoms with Crippen LogP contribution >= 0.6 is 11.6 Å². The lowest BCUT2D eigenvalue weighted by Gasteiger charge is -2.35. The van der Waals surface area contributed by atoms with E-state index in [2.05, 4.69) is 36.2 Å². The maximum atomic E-state index is 6.02. The molecule has 1 heterocycles. The predicted octanol–water partition coefficient (Wildman–Crippen LogP) is 3.62. The highest BCUT2D eigenvalue weighted by molar-refractivity contribution is 6.30. The van der Waals surface area contributed by atoms with Crippen LogP contribution in [-0.4, -0.2) is 25.7 Å². The Kier molecular flexibility index (Phi) is 4.90. The summed E-state index contributed by atoms with van der Waals surface area (Å²) in [5, 5.41) is 4.46. The molecule has 2 nitrogen and oxygen atoms in total. The molecule has 18 heavy (non-hydrogen) atoms. The summed E-state index contributed by atoms with van der Waals surface area (Å²) < 4.78 is 0. The summed E-state index contributed by atoms with van der Waals surface area (Å²) in [5.41, 5.74) is 2.61. The summed E-state index contributed by atoms with van der Waals surface area (Å²) in [6, 6.07) is 6.83. The monoisotopic (exact) mass is 266 g/mol. The van der Waals surface area contributed by atoms with E-state index in [-0.39, 0.29) is 0 Å². The molecule has 100 valence electrons. The molecule has 0 amide bonds. The number of benzene rings is 1. The topological polar surface area (TPSA) is 15.3 Å². The molecule has 1 saturated heterocycles. The molecule has 0 aromatic heterocycles. The normalized spacial score (nSPS) is 20.2. The fraction of sp³-hybridized carbons (Fsp3) is 0.600. The van der Waals surface area contributed by atoms with Gasteiger partial charge in [0.05, 0.1) is 0 Å². The zero-order chi connectivity index (χ0) is 13.0. The van der Waals surface area contributed by atoms with Crippen molar-refractivity contribution in [2.75, 3.05) is 24.5 Å². The number of hydrogen-bond acceptors (Lipinski definition) is 2. The Morgan fingerprint density at radius 2 is 2.28 bits per heavy atom. The number of halogens is 1. The maximum absolute atomic E-state index is 6.02. The van der Waals surface area contributed by atoms with Crippen molar-refractivity contribution in [1.29, 1.82) is 0 Å². The zero-order valence-electron chi connectivity index (χ0n) is 11.4. The quantitative estimate of drug-likeness (QED) is 0.896. The molecule has 1 unspecified atom stereocenters. The van der Waals surface area contributed by atoms with Crippen LogP contribution in [0.2, 0.25) is 5.02 Å². The molecule has 0 spiro atoms. The van der Waals surface area contributed by atoms with E-state index >= 15 is 0 Å². The summed E-state index contributed by atoms with van der Waals surface area (Å²) in [6.45, 7) is 7.76. The number of piperidine rings is 1. The van der Waals surface area contributed by atoms with Crippen molar-refractivity contribution >= 4 is 17.3 Å². The third-order valence-corrected chi connectivity index (χ3v) is 3.84. The van der Waals surface area contributed by atoms with Crippen LogP contribution in [0.3, 0.4) is 0 Å². The van der Waals surface area contributed by atoms with Crippen molar-refractivity contribution in [3.63, 3.8) is 0 Å². The van der Waals surface area contributed by atoms with Gasteiger partial charge in [-0.3, -0.25) is 0 Å². The average Bonchev–Trinajstić information content (AvgIpc) is 2.36. The van der Waals surface area contributed by atoms with Gasteiger partial charge in [-0.05, 0) is 56.5 Å². The molecule has 1 atom stereocenters. The highest BCUT2D eigenvalue weighted by Gasteiger charge is 2.20. The smallest absolute Gasteiger partial charge is 0.0410 e. The number of nitrogens with zero attached hydrogens (tertiary/aromatic N) is 1. The molecule has 1 aliphatic rings. The van der Waals surface area contributed by atoms with Crippen molar-refractivity contribution in [3.8, 4) is 0 Å². The van der Waals surface area contributed by atoms with Gasteiger partial charge in [0.1, 0.15) is 0 Å². The number of anilines is 1. The molecule has 0 radical (unpaired) electrons. The van der Waals surface area contributed by atoms with E-state index in [9.17, 15) is 0 Å². The second-order valence-electron chi connectivity index (χ2n) is 5.17. The second kappa shape index (κ2) is 6.44. The van der Waals surface area contributed by atoms with Gasteiger partial charge in [0.15, 0.2) is 0 Å². The summed E-state index contributed by atoms with van der Waals surface area (Å²) >= 11 is 6.02. The third-order valence-electron chi connectivity index (χ3n) is 3.60. The molecule has 3 heteroatoms. The number of nitrogens with one attached hydrogen (secondary N) is 1. The first-order valence-electron chi connectivity index (χ1n) is 6.95. The van der Waals surface area contributed by atoms with Crippen LogP contribution in [0.1, 0.15) is 31.7 Å². The van der Waals surface area contributed by atoms with E-state index < -0.39 is 0 Å². The predicted molar refractivity (Wildman–Crippen MR) is 79.7 cm³/mol. The molecule has 0 saturated carbocycles. The Morgan fingerprint density at radius 1 is 1.44 bits per heavy atom. The van der Waals surface area contributed by atoms with Gasteiger partial charge >= 0.3 is 0 Å². The van der Waals surface area contributed by atoms with E-state index in [1.165, 1.54) is 30.5 Å². The van der Waals surface area contributed by atoms with Gasteiger partial charge < -0.3 is 10.2 Å². The molecule has 1 N–H and O–H groups in total. The molecular weight excluding hydrogens is 244 g/mol. The second-order valence-corrected chi connectivity index (χ2v) is 5.61. The maximum Gasteiger partial charge on any atom is 0.0410 e. The van der Waals surface area contributed by atoms with Crippen molar-refractivity contribution in [3.05, 3.63) is 28.8 Å². The highest BCUT2D eigenvalue weighted by atomic mass is 35.5. The highest BCUT2D eigenvalue weighted by Crippen LogP contribution is 2.26. The Labute approximate surface area is 115 Å². The zero-order valence-corrected chi connectivity index (χ0v) is 12.1. The lowest BCUT2D eigenvalue weighted by Crippen LogP contribution is -2.46. The van der Waals surface area contributed by atoms with E-state index in [4.69, 9.17) is 11.6 Å². The first kappa shape index (κ1) is 13.7. The molecule has 1 aliphatic heterocycles. The van der Waals surface area contributed by atoms with Gasteiger partial charge in [-0.2, -0.15) is 0 Å². The first-order chi connectivity index (χ1) is 8.70. The van der Waals surface area contributed by atoms with Crippen LogP contribution in [0.25, 0.3) is 0 Å². The van der Waals surface area contributed by atoms with E-state index in [0.29, 0.717) is 6.04 Å². The van der Waals surface area contributed by atoms with Gasteiger partial charge in [0.25, 0.3) is 0 Å². The van der Waals surface area contributed by atoms with Gasteiger partial charge in [0.2, 0.25) is 0 Å². The van der Waals surface area contributed by atoms with Crippen LogP contribution in [0, 0.1) is 6.92 Å². The molecule has 1 aromatic rings. The SMILES string of the molecule is CCCNC1CCCN(c2ccc(Cl)cc2C)C1. The van der Waals surface area contributed by atoms with Gasteiger partial charge in [-0.25, -0.2) is 0 Å². The molecule has 1 aromatic carbocycles. The van der Waals surface area contributed by atoms with E-state index in [0.717, 1.165) is 24.7 Å². The standard InChI is InChI=1S/C15H23ClN2/c1-3-8-17-14-5-4-9-18(11-14)15-7-6-13(16)10-12(15)2/h6-7,10,14,17H,3-5,8-9,11H2,1-2H3. The van der Waals surface area contributed by atoms with Crippen molar-refractivity contribution < 1.29 is 0 Å². The molecule has 0 bridgehead atoms. The van der Waals surface area contributed by atoms with Gasteiger partial charge in [-0.15, -0.1) is 0 Å². The Hall–Kier alpha value is -0.730. The van der Waals surface area contributed by atoms with E-state index in [1.54, 1.807) is 0 Å². The van der Waals surface area contributed by atoms with Crippen molar-refractivity contribution in [2.45, 2.75) is 39.2 Å². The van der Waals surface area contributed by atoms with Crippen molar-refractivity contribution in [1.82, 2.24) is 5.32 Å². The van der Waals surface area contributed by atoms with Crippen LogP contribution < -0.4 is 10.2 Å². The summed E-state index contributed by atoms with van der Waals surface area (Å²) in [7, 11) is 0. The number of rotatable bonds is 4. The van der Waals surface area contributed by atoms with Crippen molar-refractivity contribution in [2.24, 2.45) is 0 Å².